The van der Waals surface area contributed by atoms with Crippen LogP contribution in [-0.4, -0.2) is 90.4 Å². The topological polar surface area (TPSA) is 178 Å². The highest BCUT2D eigenvalue weighted by Crippen LogP contribution is 2.54. The monoisotopic (exact) mass is 636 g/mol. The van der Waals surface area contributed by atoms with E-state index in [-0.39, 0.29) is 18.1 Å². The number of hydrogen-bond acceptors (Lipinski definition) is 12. The van der Waals surface area contributed by atoms with Crippen molar-refractivity contribution < 1.29 is 69.4 Å². The molecular weight excluding hydrogens is 602 g/mol. The van der Waals surface area contributed by atoms with Gasteiger partial charge in [-0.2, -0.15) is 17.2 Å². The molecule has 10 unspecified atom stereocenters. The highest BCUT2D eigenvalue weighted by atomic mass is 32.2. The second-order valence-electron chi connectivity index (χ2n) is 12.4. The van der Waals surface area contributed by atoms with Crippen molar-refractivity contribution >= 4 is 34.0 Å². The number of hydrogen-bond donors (Lipinski definition) is 1. The van der Waals surface area contributed by atoms with Crippen LogP contribution in [0.15, 0.2) is 0 Å². The Kier molecular flexibility index (Phi) is 7.74. The minimum absolute atomic E-state index is 0.0238. The van der Waals surface area contributed by atoms with Crippen LogP contribution < -0.4 is 0 Å². The van der Waals surface area contributed by atoms with Crippen LogP contribution in [0.2, 0.25) is 0 Å². The second kappa shape index (κ2) is 10.9. The molecule has 4 bridgehead atoms. The van der Waals surface area contributed by atoms with Crippen molar-refractivity contribution in [3.8, 4) is 0 Å². The fourth-order valence-electron chi connectivity index (χ4n) is 7.85. The van der Waals surface area contributed by atoms with E-state index in [0.717, 1.165) is 38.5 Å². The van der Waals surface area contributed by atoms with Crippen LogP contribution in [0.3, 0.4) is 0 Å². The number of halogens is 2. The molecule has 10 atom stereocenters. The molecule has 0 amide bonds. The number of rotatable bonds is 10. The zero-order valence-corrected chi connectivity index (χ0v) is 24.2. The lowest BCUT2D eigenvalue weighted by Gasteiger charge is -2.44. The third kappa shape index (κ3) is 5.21. The quantitative estimate of drug-likeness (QED) is 0.209. The first kappa shape index (κ1) is 30.6. The van der Waals surface area contributed by atoms with E-state index >= 15 is 0 Å². The van der Waals surface area contributed by atoms with Crippen LogP contribution in [0.1, 0.15) is 71.1 Å². The summed E-state index contributed by atoms with van der Waals surface area (Å²) in [5, 5.41) is -4.75. The molecule has 240 valence electrons. The molecule has 6 fully saturated rings. The van der Waals surface area contributed by atoms with Crippen molar-refractivity contribution in [1.29, 1.82) is 0 Å². The third-order valence-corrected chi connectivity index (χ3v) is 10.9. The van der Waals surface area contributed by atoms with Gasteiger partial charge >= 0.3 is 39.2 Å². The fourth-order valence-corrected chi connectivity index (χ4v) is 8.31. The zero-order chi connectivity index (χ0) is 30.9. The Morgan fingerprint density at radius 2 is 1.74 bits per heavy atom. The Labute approximate surface area is 245 Å². The van der Waals surface area contributed by atoms with Crippen LogP contribution in [0, 0.1) is 17.8 Å². The zero-order valence-electron chi connectivity index (χ0n) is 23.4. The molecule has 0 aromatic rings. The van der Waals surface area contributed by atoms with Gasteiger partial charge in [-0.05, 0) is 51.9 Å². The molecule has 16 heteroatoms. The van der Waals surface area contributed by atoms with Gasteiger partial charge in [-0.1, -0.05) is 6.42 Å². The Balaban J connectivity index is 1.10. The Morgan fingerprint density at radius 3 is 2.37 bits per heavy atom. The molecule has 6 rings (SSSR count). The van der Waals surface area contributed by atoms with Crippen LogP contribution in [0.5, 0.6) is 0 Å². The molecular formula is C27H34F2O13S. The maximum Gasteiger partial charge on any atom is 0.405 e. The summed E-state index contributed by atoms with van der Waals surface area (Å²) in [6.07, 6.45) is -0.785. The van der Waals surface area contributed by atoms with Gasteiger partial charge in [0, 0.05) is 5.92 Å². The van der Waals surface area contributed by atoms with Gasteiger partial charge in [0.2, 0.25) is 0 Å². The summed E-state index contributed by atoms with van der Waals surface area (Å²) >= 11 is 0. The molecule has 5 aliphatic heterocycles. The summed E-state index contributed by atoms with van der Waals surface area (Å²) in [6.45, 7) is 0.572. The number of esters is 4. The molecule has 5 saturated heterocycles. The van der Waals surface area contributed by atoms with Crippen molar-refractivity contribution in [1.82, 2.24) is 0 Å². The lowest BCUT2D eigenvalue weighted by atomic mass is 9.69. The molecule has 6 aliphatic rings. The summed E-state index contributed by atoms with van der Waals surface area (Å²) in [6, 6.07) is 0. The molecule has 1 N–H and O–H groups in total. The summed E-state index contributed by atoms with van der Waals surface area (Å²) in [5.41, 5.74) is -0.714. The van der Waals surface area contributed by atoms with Gasteiger partial charge in [0.25, 0.3) is 0 Å². The lowest BCUT2D eigenvalue weighted by Crippen LogP contribution is -2.53. The fraction of sp³-hybridized carbons (Fsp3) is 0.852. The molecule has 0 aromatic carbocycles. The van der Waals surface area contributed by atoms with Gasteiger partial charge in [-0.25, -0.2) is 0 Å². The number of alkyl halides is 2. The van der Waals surface area contributed by atoms with Crippen molar-refractivity contribution in [2.24, 2.45) is 17.8 Å². The summed E-state index contributed by atoms with van der Waals surface area (Å²) < 4.78 is 91.2. The van der Waals surface area contributed by atoms with Crippen LogP contribution in [-0.2, 0) is 57.7 Å². The van der Waals surface area contributed by atoms with E-state index in [9.17, 15) is 36.4 Å². The van der Waals surface area contributed by atoms with Crippen LogP contribution >= 0.6 is 0 Å². The van der Waals surface area contributed by atoms with Gasteiger partial charge < -0.3 is 28.4 Å². The minimum Gasteiger partial charge on any atom is -0.458 e. The highest BCUT2D eigenvalue weighted by molar-refractivity contribution is 7.86. The van der Waals surface area contributed by atoms with Gasteiger partial charge in [0.15, 0.2) is 18.3 Å². The molecule has 0 spiro atoms. The molecule has 1 saturated carbocycles. The van der Waals surface area contributed by atoms with Gasteiger partial charge in [0.05, 0.1) is 25.0 Å². The number of carbonyl (C=O) groups excluding carboxylic acids is 4. The van der Waals surface area contributed by atoms with E-state index in [4.69, 9.17) is 28.2 Å². The normalized spacial score (nSPS) is 38.0. The summed E-state index contributed by atoms with van der Waals surface area (Å²) in [4.78, 5) is 51.2. The predicted molar refractivity (Wildman–Crippen MR) is 135 cm³/mol. The average molecular weight is 637 g/mol. The molecule has 0 radical (unpaired) electrons. The maximum absolute atomic E-state index is 13.8. The first-order chi connectivity index (χ1) is 20.2. The lowest BCUT2D eigenvalue weighted by molar-refractivity contribution is -0.185. The first-order valence-corrected chi connectivity index (χ1v) is 16.1. The van der Waals surface area contributed by atoms with E-state index < -0.39 is 100 Å². The van der Waals surface area contributed by atoms with E-state index in [1.54, 1.807) is 0 Å². The Morgan fingerprint density at radius 1 is 1.05 bits per heavy atom. The van der Waals surface area contributed by atoms with Gasteiger partial charge in [-0.15, -0.1) is 0 Å². The Hall–Kier alpha value is -2.43. The van der Waals surface area contributed by atoms with Crippen molar-refractivity contribution in [2.45, 2.75) is 125 Å². The van der Waals surface area contributed by atoms with Crippen LogP contribution in [0.25, 0.3) is 0 Å². The van der Waals surface area contributed by atoms with E-state index in [2.05, 4.69) is 4.74 Å². The van der Waals surface area contributed by atoms with Gasteiger partial charge in [-0.3, -0.25) is 23.7 Å². The number of ether oxygens (including phenoxy) is 6. The SMILES string of the molecule is CC(OC(=O)CCC(=O)OC1C2OC(=O)C3C2OC1C3C(=O)OC1(C2CC3CCC2O3)CCCCC1)C(F)(F)S(=O)(=O)O. The first-order valence-electron chi connectivity index (χ1n) is 14.7. The second-order valence-corrected chi connectivity index (χ2v) is 13.9. The highest BCUT2D eigenvalue weighted by Gasteiger charge is 2.72. The van der Waals surface area contributed by atoms with Crippen LogP contribution in [0.4, 0.5) is 8.78 Å². The van der Waals surface area contributed by atoms with Crippen molar-refractivity contribution in [3.63, 3.8) is 0 Å². The molecule has 13 nitrogen and oxygen atoms in total. The molecule has 1 aliphatic carbocycles. The maximum atomic E-state index is 13.8. The predicted octanol–water partition coefficient (Wildman–Crippen LogP) is 1.84. The average Bonchev–Trinajstić information content (AvgIpc) is 3.75. The largest absolute Gasteiger partial charge is 0.458 e. The summed E-state index contributed by atoms with van der Waals surface area (Å²) in [5.74, 6) is -5.51. The smallest absolute Gasteiger partial charge is 0.405 e. The molecule has 5 heterocycles. The number of carbonyl (C=O) groups is 4. The number of fused-ring (bicyclic) bond motifs is 3. The van der Waals surface area contributed by atoms with E-state index in [1.807, 2.05) is 0 Å². The third-order valence-electron chi connectivity index (χ3n) is 9.89. The molecule has 43 heavy (non-hydrogen) atoms. The standard InChI is InChI=1S/C27H34F2O13S/c1-12(27(28,29)43(34,35)36)37-16(30)7-8-17(31)39-22-21-19(18-20(40-21)23(22)41-24(18)32)25(33)42-26(9-3-2-4-10-26)14-11-13-5-6-15(14)38-13/h12-15,18-23H,2-11H2,1H3,(H,34,35,36). The molecule has 0 aromatic heterocycles. The van der Waals surface area contributed by atoms with Crippen molar-refractivity contribution in [3.05, 3.63) is 0 Å². The van der Waals surface area contributed by atoms with Crippen molar-refractivity contribution in [2.75, 3.05) is 0 Å². The Bertz CT molecular complexity index is 1280. The minimum atomic E-state index is -5.84. The van der Waals surface area contributed by atoms with Gasteiger partial charge in [0.1, 0.15) is 29.6 Å². The summed E-state index contributed by atoms with van der Waals surface area (Å²) in [7, 11) is -5.84. The van der Waals surface area contributed by atoms with E-state index in [0.29, 0.717) is 19.8 Å². The van der Waals surface area contributed by atoms with E-state index in [1.165, 1.54) is 0 Å².